The average molecular weight is 245 g/mol. The minimum atomic E-state index is -0.962. The SMILES string of the molecule is C=CCCC(C)(O)c1cc(Cl)ccc1Cl. The lowest BCUT2D eigenvalue weighted by Gasteiger charge is -2.24. The van der Waals surface area contributed by atoms with Crippen LogP contribution in [0.4, 0.5) is 0 Å². The van der Waals surface area contributed by atoms with Gasteiger partial charge < -0.3 is 5.11 Å². The smallest absolute Gasteiger partial charge is 0.0886 e. The summed E-state index contributed by atoms with van der Waals surface area (Å²) < 4.78 is 0. The molecule has 1 atom stereocenters. The quantitative estimate of drug-likeness (QED) is 0.789. The van der Waals surface area contributed by atoms with E-state index >= 15 is 0 Å². The van der Waals surface area contributed by atoms with Gasteiger partial charge in [-0.25, -0.2) is 0 Å². The van der Waals surface area contributed by atoms with Gasteiger partial charge in [-0.15, -0.1) is 6.58 Å². The van der Waals surface area contributed by atoms with Crippen LogP contribution < -0.4 is 0 Å². The lowest BCUT2D eigenvalue weighted by Crippen LogP contribution is -2.21. The molecule has 0 aliphatic heterocycles. The first-order valence-electron chi connectivity index (χ1n) is 4.76. The minimum Gasteiger partial charge on any atom is -0.385 e. The molecule has 0 radical (unpaired) electrons. The van der Waals surface area contributed by atoms with Crippen LogP contribution in [0.1, 0.15) is 25.3 Å². The van der Waals surface area contributed by atoms with Gasteiger partial charge in [0, 0.05) is 15.6 Å². The topological polar surface area (TPSA) is 20.2 Å². The van der Waals surface area contributed by atoms with E-state index in [1.165, 1.54) is 0 Å². The van der Waals surface area contributed by atoms with Crippen molar-refractivity contribution in [1.29, 1.82) is 0 Å². The molecule has 0 bridgehead atoms. The normalized spacial score (nSPS) is 14.7. The maximum Gasteiger partial charge on any atom is 0.0886 e. The summed E-state index contributed by atoms with van der Waals surface area (Å²) in [6.45, 7) is 5.36. The van der Waals surface area contributed by atoms with Crippen molar-refractivity contribution in [2.45, 2.75) is 25.4 Å². The van der Waals surface area contributed by atoms with Crippen LogP contribution in [-0.2, 0) is 5.60 Å². The molecule has 0 amide bonds. The Labute approximate surface area is 100 Å². The molecule has 0 saturated heterocycles. The number of aliphatic hydroxyl groups is 1. The fourth-order valence-corrected chi connectivity index (χ4v) is 1.92. The number of allylic oxidation sites excluding steroid dienone is 1. The number of halogens is 2. The summed E-state index contributed by atoms with van der Waals surface area (Å²) in [6, 6.07) is 5.10. The Bertz CT molecular complexity index is 359. The average Bonchev–Trinajstić information content (AvgIpc) is 2.18. The van der Waals surface area contributed by atoms with Crippen molar-refractivity contribution in [1.82, 2.24) is 0 Å². The van der Waals surface area contributed by atoms with Crippen LogP contribution in [0.3, 0.4) is 0 Å². The molecule has 3 heteroatoms. The summed E-state index contributed by atoms with van der Waals surface area (Å²) in [4.78, 5) is 0. The molecule has 1 aromatic rings. The summed E-state index contributed by atoms with van der Waals surface area (Å²) in [6.07, 6.45) is 3.08. The Morgan fingerprint density at radius 1 is 1.47 bits per heavy atom. The Kier molecular flexibility index (Phi) is 4.21. The fraction of sp³-hybridized carbons (Fsp3) is 0.333. The number of hydrogen-bond donors (Lipinski definition) is 1. The highest BCUT2D eigenvalue weighted by molar-refractivity contribution is 6.33. The molecule has 1 aromatic carbocycles. The molecule has 1 N–H and O–H groups in total. The molecule has 0 fully saturated rings. The van der Waals surface area contributed by atoms with Gasteiger partial charge in [-0.2, -0.15) is 0 Å². The Morgan fingerprint density at radius 3 is 2.73 bits per heavy atom. The van der Waals surface area contributed by atoms with Gasteiger partial charge in [-0.05, 0) is 38.0 Å². The summed E-state index contributed by atoms with van der Waals surface area (Å²) in [5.41, 5.74) is -0.297. The van der Waals surface area contributed by atoms with Crippen molar-refractivity contribution in [2.24, 2.45) is 0 Å². The highest BCUT2D eigenvalue weighted by Crippen LogP contribution is 2.33. The summed E-state index contributed by atoms with van der Waals surface area (Å²) in [5, 5.41) is 11.3. The highest BCUT2D eigenvalue weighted by Gasteiger charge is 2.24. The van der Waals surface area contributed by atoms with Crippen LogP contribution in [0.5, 0.6) is 0 Å². The second kappa shape index (κ2) is 5.02. The molecule has 0 aromatic heterocycles. The zero-order valence-electron chi connectivity index (χ0n) is 8.63. The van der Waals surface area contributed by atoms with Gasteiger partial charge in [0.2, 0.25) is 0 Å². The van der Waals surface area contributed by atoms with E-state index in [2.05, 4.69) is 6.58 Å². The van der Waals surface area contributed by atoms with Crippen LogP contribution in [-0.4, -0.2) is 5.11 Å². The van der Waals surface area contributed by atoms with Gasteiger partial charge in [0.05, 0.1) is 5.60 Å². The molecule has 1 rings (SSSR count). The van der Waals surface area contributed by atoms with Crippen molar-refractivity contribution in [3.05, 3.63) is 46.5 Å². The second-order valence-electron chi connectivity index (χ2n) is 3.73. The number of benzene rings is 1. The van der Waals surface area contributed by atoms with Gasteiger partial charge in [-0.3, -0.25) is 0 Å². The van der Waals surface area contributed by atoms with E-state index in [0.29, 0.717) is 22.0 Å². The van der Waals surface area contributed by atoms with E-state index in [1.54, 1.807) is 31.2 Å². The molecule has 1 unspecified atom stereocenters. The number of rotatable bonds is 4. The summed E-state index contributed by atoms with van der Waals surface area (Å²) in [7, 11) is 0. The van der Waals surface area contributed by atoms with Crippen molar-refractivity contribution < 1.29 is 5.11 Å². The molecule has 82 valence electrons. The zero-order valence-corrected chi connectivity index (χ0v) is 10.1. The maximum absolute atomic E-state index is 10.2. The standard InChI is InChI=1S/C12H14Cl2O/c1-3-4-7-12(2,15)10-8-9(13)5-6-11(10)14/h3,5-6,8,15H,1,4,7H2,2H3. The molecule has 0 saturated carbocycles. The van der Waals surface area contributed by atoms with E-state index in [9.17, 15) is 5.11 Å². The van der Waals surface area contributed by atoms with Crippen LogP contribution in [0.15, 0.2) is 30.9 Å². The van der Waals surface area contributed by atoms with Gasteiger partial charge in [0.25, 0.3) is 0 Å². The van der Waals surface area contributed by atoms with Crippen molar-refractivity contribution in [3.8, 4) is 0 Å². The third-order valence-electron chi connectivity index (χ3n) is 2.34. The fourth-order valence-electron chi connectivity index (χ4n) is 1.43. The first kappa shape index (κ1) is 12.6. The highest BCUT2D eigenvalue weighted by atomic mass is 35.5. The van der Waals surface area contributed by atoms with Crippen LogP contribution in [0.25, 0.3) is 0 Å². The molecule has 0 heterocycles. The minimum absolute atomic E-state index is 0.536. The van der Waals surface area contributed by atoms with Crippen molar-refractivity contribution in [2.75, 3.05) is 0 Å². The van der Waals surface area contributed by atoms with E-state index in [0.717, 1.165) is 6.42 Å². The molecule has 0 aliphatic rings. The zero-order chi connectivity index (χ0) is 11.5. The largest absolute Gasteiger partial charge is 0.385 e. The van der Waals surface area contributed by atoms with Crippen molar-refractivity contribution in [3.63, 3.8) is 0 Å². The molecule has 1 nitrogen and oxygen atoms in total. The predicted octanol–water partition coefficient (Wildman–Crippen LogP) is 4.17. The van der Waals surface area contributed by atoms with E-state index in [-0.39, 0.29) is 0 Å². The van der Waals surface area contributed by atoms with Gasteiger partial charge in [0.15, 0.2) is 0 Å². The third kappa shape index (κ3) is 3.23. The van der Waals surface area contributed by atoms with Gasteiger partial charge >= 0.3 is 0 Å². The lowest BCUT2D eigenvalue weighted by atomic mass is 9.91. The first-order valence-corrected chi connectivity index (χ1v) is 5.52. The molecule has 0 spiro atoms. The predicted molar refractivity (Wildman–Crippen MR) is 65.5 cm³/mol. The maximum atomic E-state index is 10.2. The Hall–Kier alpha value is -0.500. The molecule has 15 heavy (non-hydrogen) atoms. The monoisotopic (exact) mass is 244 g/mol. The van der Waals surface area contributed by atoms with Crippen molar-refractivity contribution >= 4 is 23.2 Å². The second-order valence-corrected chi connectivity index (χ2v) is 4.57. The van der Waals surface area contributed by atoms with E-state index < -0.39 is 5.60 Å². The lowest BCUT2D eigenvalue weighted by molar-refractivity contribution is 0.0489. The molecule has 0 aliphatic carbocycles. The molecular weight excluding hydrogens is 231 g/mol. The third-order valence-corrected chi connectivity index (χ3v) is 2.91. The van der Waals surface area contributed by atoms with Crippen LogP contribution >= 0.6 is 23.2 Å². The van der Waals surface area contributed by atoms with Gasteiger partial charge in [-0.1, -0.05) is 29.3 Å². The summed E-state index contributed by atoms with van der Waals surface area (Å²) >= 11 is 11.9. The van der Waals surface area contributed by atoms with E-state index in [1.807, 2.05) is 0 Å². The molecular formula is C12H14Cl2O. The summed E-state index contributed by atoms with van der Waals surface area (Å²) in [5.74, 6) is 0. The number of hydrogen-bond acceptors (Lipinski definition) is 1. The van der Waals surface area contributed by atoms with Gasteiger partial charge in [0.1, 0.15) is 0 Å². The Morgan fingerprint density at radius 2 is 2.13 bits per heavy atom. The Balaban J connectivity index is 3.02. The van der Waals surface area contributed by atoms with E-state index in [4.69, 9.17) is 23.2 Å². The van der Waals surface area contributed by atoms with Crippen LogP contribution in [0.2, 0.25) is 10.0 Å². The van der Waals surface area contributed by atoms with Crippen LogP contribution in [0, 0.1) is 0 Å². The first-order chi connectivity index (χ1) is 6.97.